The minimum Gasteiger partial charge on any atom is -0.481 e. The van der Waals surface area contributed by atoms with Crippen molar-refractivity contribution in [3.63, 3.8) is 0 Å². The Morgan fingerprint density at radius 2 is 1.68 bits per heavy atom. The molecule has 0 aliphatic heterocycles. The van der Waals surface area contributed by atoms with E-state index in [1.807, 2.05) is 0 Å². The lowest BCUT2D eigenvalue weighted by molar-refractivity contribution is -0.174. The second kappa shape index (κ2) is 7.27. The smallest absolute Gasteiger partial charge is 0.303 e. The molecule has 28 heavy (non-hydrogen) atoms. The quantitative estimate of drug-likeness (QED) is 0.659. The second-order valence-electron chi connectivity index (χ2n) is 11.4. The molecule has 4 aliphatic rings. The van der Waals surface area contributed by atoms with Crippen LogP contribution in [-0.2, 0) is 4.79 Å². The Kier molecular flexibility index (Phi) is 5.36. The molecule has 10 atom stereocenters. The number of fused-ring (bicyclic) bond motifs is 5. The van der Waals surface area contributed by atoms with Crippen LogP contribution in [0.5, 0.6) is 0 Å². The summed E-state index contributed by atoms with van der Waals surface area (Å²) in [6, 6.07) is 0. The van der Waals surface area contributed by atoms with Crippen LogP contribution >= 0.6 is 0 Å². The first-order valence-corrected chi connectivity index (χ1v) is 11.7. The third-order valence-corrected chi connectivity index (χ3v) is 10.2. The van der Waals surface area contributed by atoms with Gasteiger partial charge >= 0.3 is 5.97 Å². The van der Waals surface area contributed by atoms with Gasteiger partial charge in [0.1, 0.15) is 0 Å². The van der Waals surface area contributed by atoms with Gasteiger partial charge in [-0.2, -0.15) is 0 Å². The predicted molar refractivity (Wildman–Crippen MR) is 109 cm³/mol. The molecule has 160 valence electrons. The number of hydrogen-bond acceptors (Lipinski definition) is 3. The molecule has 0 unspecified atom stereocenters. The third-order valence-electron chi connectivity index (χ3n) is 10.2. The van der Waals surface area contributed by atoms with Gasteiger partial charge in [0.2, 0.25) is 0 Å². The van der Waals surface area contributed by atoms with Gasteiger partial charge in [0.15, 0.2) is 0 Å². The minimum absolute atomic E-state index is 0.179. The highest BCUT2D eigenvalue weighted by molar-refractivity contribution is 5.66. The maximum absolute atomic E-state index is 11.2. The van der Waals surface area contributed by atoms with Crippen molar-refractivity contribution in [1.29, 1.82) is 0 Å². The summed E-state index contributed by atoms with van der Waals surface area (Å²) in [6.07, 6.45) is 9.19. The zero-order valence-electron chi connectivity index (χ0n) is 17.9. The monoisotopic (exact) mass is 392 g/mol. The predicted octanol–water partition coefficient (Wildman–Crippen LogP) is 4.48. The summed E-state index contributed by atoms with van der Waals surface area (Å²) in [5.74, 6) is 2.36. The average molecular weight is 393 g/mol. The van der Waals surface area contributed by atoms with E-state index in [0.29, 0.717) is 35.5 Å². The largest absolute Gasteiger partial charge is 0.481 e. The fourth-order valence-corrected chi connectivity index (χ4v) is 8.73. The summed E-state index contributed by atoms with van der Waals surface area (Å²) in [5.41, 5.74) is 0.523. The van der Waals surface area contributed by atoms with Gasteiger partial charge in [0.05, 0.1) is 12.2 Å². The highest BCUT2D eigenvalue weighted by Crippen LogP contribution is 2.68. The highest BCUT2D eigenvalue weighted by atomic mass is 16.4. The number of carboxylic acid groups (broad SMARTS) is 1. The van der Waals surface area contributed by atoms with E-state index in [0.717, 1.165) is 32.1 Å². The van der Waals surface area contributed by atoms with Crippen molar-refractivity contribution in [3.05, 3.63) is 0 Å². The zero-order valence-corrected chi connectivity index (χ0v) is 17.9. The first-order valence-electron chi connectivity index (χ1n) is 11.7. The van der Waals surface area contributed by atoms with Gasteiger partial charge in [-0.1, -0.05) is 20.8 Å². The molecule has 0 aromatic rings. The molecule has 0 aromatic heterocycles. The van der Waals surface area contributed by atoms with E-state index < -0.39 is 5.97 Å². The van der Waals surface area contributed by atoms with Crippen molar-refractivity contribution in [3.8, 4) is 0 Å². The summed E-state index contributed by atoms with van der Waals surface area (Å²) in [5, 5.41) is 30.5. The zero-order chi connectivity index (χ0) is 20.3. The van der Waals surface area contributed by atoms with E-state index in [1.54, 1.807) is 0 Å². The molecule has 4 nitrogen and oxygen atoms in total. The molecule has 4 heteroatoms. The Bertz CT molecular complexity index is 605. The molecule has 3 N–H and O–H groups in total. The maximum Gasteiger partial charge on any atom is 0.303 e. The van der Waals surface area contributed by atoms with Crippen LogP contribution in [0.1, 0.15) is 85.0 Å². The molecular weight excluding hydrogens is 352 g/mol. The van der Waals surface area contributed by atoms with E-state index in [2.05, 4.69) is 20.8 Å². The number of aliphatic hydroxyl groups excluding tert-OH is 2. The van der Waals surface area contributed by atoms with E-state index in [1.165, 1.54) is 25.7 Å². The van der Waals surface area contributed by atoms with Crippen LogP contribution in [0.3, 0.4) is 0 Å². The molecule has 0 spiro atoms. The highest BCUT2D eigenvalue weighted by Gasteiger charge is 2.62. The van der Waals surface area contributed by atoms with Crippen molar-refractivity contribution in [2.24, 2.45) is 46.3 Å². The van der Waals surface area contributed by atoms with E-state index in [-0.39, 0.29) is 29.5 Å². The van der Waals surface area contributed by atoms with Gasteiger partial charge < -0.3 is 15.3 Å². The fourth-order valence-electron chi connectivity index (χ4n) is 8.73. The van der Waals surface area contributed by atoms with E-state index in [9.17, 15) is 15.0 Å². The van der Waals surface area contributed by atoms with Crippen molar-refractivity contribution in [2.75, 3.05) is 0 Å². The maximum atomic E-state index is 11.2. The van der Waals surface area contributed by atoms with Crippen LogP contribution in [0.2, 0.25) is 0 Å². The average Bonchev–Trinajstić information content (AvgIpc) is 2.98. The van der Waals surface area contributed by atoms with Crippen LogP contribution in [0.25, 0.3) is 0 Å². The summed E-state index contributed by atoms with van der Waals surface area (Å²) in [7, 11) is 0. The summed E-state index contributed by atoms with van der Waals surface area (Å²) in [6.45, 7) is 7.16. The minimum atomic E-state index is -0.684. The molecule has 4 rings (SSSR count). The molecule has 4 fully saturated rings. The Morgan fingerprint density at radius 1 is 1.00 bits per heavy atom. The molecule has 0 radical (unpaired) electrons. The molecule has 0 aromatic carbocycles. The van der Waals surface area contributed by atoms with Gasteiger partial charge in [-0.25, -0.2) is 0 Å². The van der Waals surface area contributed by atoms with Gasteiger partial charge in [-0.3, -0.25) is 4.79 Å². The lowest BCUT2D eigenvalue weighted by Gasteiger charge is -2.62. The van der Waals surface area contributed by atoms with Crippen LogP contribution in [0.15, 0.2) is 0 Å². The lowest BCUT2D eigenvalue weighted by Crippen LogP contribution is -2.58. The molecular formula is C24H40O4. The first-order chi connectivity index (χ1) is 13.2. The van der Waals surface area contributed by atoms with Gasteiger partial charge in [0, 0.05) is 6.42 Å². The standard InChI is InChI=1S/C24H40O4/c1-14(4-7-21(27)28)17-5-6-18-22-19(9-11-24(17,18)3)23(2)10-8-16(25)12-15(23)13-20(22)26/h14-20,22,25-26H,4-13H2,1-3H3,(H,27,28)/t14-,15+,16-,17-,18+,19-,20+,22-,23+,24-/m1/s1. The lowest BCUT2D eigenvalue weighted by atomic mass is 9.43. The van der Waals surface area contributed by atoms with Crippen LogP contribution in [-0.4, -0.2) is 33.5 Å². The van der Waals surface area contributed by atoms with Gasteiger partial charge in [0.25, 0.3) is 0 Å². The number of hydrogen-bond donors (Lipinski definition) is 3. The van der Waals surface area contributed by atoms with Crippen LogP contribution < -0.4 is 0 Å². The Balaban J connectivity index is 1.55. The number of rotatable bonds is 4. The molecule has 0 bridgehead atoms. The Morgan fingerprint density at radius 3 is 2.39 bits per heavy atom. The van der Waals surface area contributed by atoms with E-state index >= 15 is 0 Å². The van der Waals surface area contributed by atoms with Crippen LogP contribution in [0, 0.1) is 46.3 Å². The van der Waals surface area contributed by atoms with Crippen molar-refractivity contribution in [1.82, 2.24) is 0 Å². The number of carbonyl (C=O) groups is 1. The molecule has 0 amide bonds. The second-order valence-corrected chi connectivity index (χ2v) is 11.4. The van der Waals surface area contributed by atoms with Crippen molar-refractivity contribution in [2.45, 2.75) is 97.2 Å². The summed E-state index contributed by atoms with van der Waals surface area (Å²) < 4.78 is 0. The first kappa shape index (κ1) is 20.7. The molecule has 4 aliphatic carbocycles. The summed E-state index contributed by atoms with van der Waals surface area (Å²) in [4.78, 5) is 11.1. The van der Waals surface area contributed by atoms with Crippen molar-refractivity contribution < 1.29 is 20.1 Å². The topological polar surface area (TPSA) is 77.8 Å². The Labute approximate surface area is 170 Å². The normalized spacial score (nSPS) is 51.7. The third kappa shape index (κ3) is 3.14. The van der Waals surface area contributed by atoms with Crippen LogP contribution in [0.4, 0.5) is 0 Å². The SMILES string of the molecule is C[C@H](CCC(=O)O)[C@H]1CC[C@H]2[C@@H]3[C@@H](CC[C@]12C)[C@@]1(C)CC[C@@H](O)C[C@H]1C[C@@H]3O. The molecule has 4 saturated carbocycles. The van der Waals surface area contributed by atoms with Crippen molar-refractivity contribution >= 4 is 5.97 Å². The summed E-state index contributed by atoms with van der Waals surface area (Å²) >= 11 is 0. The fraction of sp³-hybridized carbons (Fsp3) is 0.958. The number of carboxylic acids is 1. The Hall–Kier alpha value is -0.610. The number of aliphatic hydroxyl groups is 2. The van der Waals surface area contributed by atoms with Gasteiger partial charge in [-0.05, 0) is 104 Å². The van der Waals surface area contributed by atoms with E-state index in [4.69, 9.17) is 5.11 Å². The van der Waals surface area contributed by atoms with Gasteiger partial charge in [-0.15, -0.1) is 0 Å². The molecule has 0 saturated heterocycles. The molecule has 0 heterocycles. The number of aliphatic carboxylic acids is 1.